The number of anilines is 1. The molecule has 0 amide bonds. The van der Waals surface area contributed by atoms with Crippen LogP contribution >= 0.6 is 12.2 Å². The summed E-state index contributed by atoms with van der Waals surface area (Å²) in [6, 6.07) is 24.6. The van der Waals surface area contributed by atoms with Crippen LogP contribution in [0.4, 0.5) is 5.69 Å². The SMILES string of the molecule is COc1cc(OC)cc(C2C=C(c3ccc4ccccc4c3O)NN2C(=S)Nc2ccccc2OC)c1. The van der Waals surface area contributed by atoms with Crippen LogP contribution in [0.25, 0.3) is 16.5 Å². The molecule has 0 radical (unpaired) electrons. The lowest BCUT2D eigenvalue weighted by Gasteiger charge is -2.29. The van der Waals surface area contributed by atoms with E-state index in [1.807, 2.05) is 89.9 Å². The second-order valence-corrected chi connectivity index (χ2v) is 8.85. The molecule has 0 spiro atoms. The van der Waals surface area contributed by atoms with Crippen LogP contribution in [0.15, 0.2) is 84.9 Å². The molecule has 37 heavy (non-hydrogen) atoms. The number of rotatable bonds is 6. The van der Waals surface area contributed by atoms with Gasteiger partial charge in [0.05, 0.1) is 38.8 Å². The highest BCUT2D eigenvalue weighted by atomic mass is 32.1. The van der Waals surface area contributed by atoms with Gasteiger partial charge in [-0.1, -0.05) is 42.5 Å². The highest BCUT2D eigenvalue weighted by Crippen LogP contribution is 2.39. The molecule has 0 saturated carbocycles. The molecular weight excluding hydrogens is 486 g/mol. The van der Waals surface area contributed by atoms with Crippen molar-refractivity contribution in [1.82, 2.24) is 10.4 Å². The Balaban J connectivity index is 1.57. The van der Waals surface area contributed by atoms with E-state index in [0.717, 1.165) is 27.7 Å². The topological polar surface area (TPSA) is 75.2 Å². The second kappa shape index (κ2) is 10.3. The molecule has 1 aliphatic heterocycles. The number of thiocarbonyl (C=S) groups is 1. The summed E-state index contributed by atoms with van der Waals surface area (Å²) in [7, 11) is 4.85. The average Bonchev–Trinajstić information content (AvgIpc) is 3.39. The lowest BCUT2D eigenvalue weighted by atomic mass is 10.0. The van der Waals surface area contributed by atoms with Crippen molar-refractivity contribution in [2.75, 3.05) is 26.6 Å². The quantitative estimate of drug-likeness (QED) is 0.277. The summed E-state index contributed by atoms with van der Waals surface area (Å²) in [5.41, 5.74) is 6.42. The van der Waals surface area contributed by atoms with Crippen LogP contribution in [-0.2, 0) is 0 Å². The van der Waals surface area contributed by atoms with E-state index in [-0.39, 0.29) is 11.8 Å². The van der Waals surface area contributed by atoms with Crippen molar-refractivity contribution in [3.05, 3.63) is 96.1 Å². The van der Waals surface area contributed by atoms with Gasteiger partial charge in [0.25, 0.3) is 0 Å². The van der Waals surface area contributed by atoms with Gasteiger partial charge in [-0.2, -0.15) is 0 Å². The summed E-state index contributed by atoms with van der Waals surface area (Å²) in [6.07, 6.45) is 2.02. The molecule has 0 aliphatic carbocycles. The number of para-hydroxylation sites is 2. The van der Waals surface area contributed by atoms with Crippen LogP contribution < -0.4 is 25.0 Å². The van der Waals surface area contributed by atoms with Crippen molar-refractivity contribution < 1.29 is 19.3 Å². The van der Waals surface area contributed by atoms with Gasteiger partial charge in [-0.25, -0.2) is 0 Å². The molecule has 4 aromatic carbocycles. The minimum Gasteiger partial charge on any atom is -0.507 e. The van der Waals surface area contributed by atoms with Crippen molar-refractivity contribution in [3.8, 4) is 23.0 Å². The number of hydrogen-bond donors (Lipinski definition) is 3. The standard InChI is InChI=1S/C29H27N3O4S/c1-34-20-14-19(15-21(16-20)35-2)26-17-25(23-13-12-18-8-4-5-9-22(18)28(23)33)31-32(26)29(37)30-24-10-6-7-11-27(24)36-3/h4-17,26,31,33H,1-3H3,(H,30,37). The van der Waals surface area contributed by atoms with Crippen LogP contribution in [0.2, 0.25) is 0 Å². The Morgan fingerprint density at radius 2 is 1.59 bits per heavy atom. The first-order valence-corrected chi connectivity index (χ1v) is 12.1. The third-order valence-corrected chi connectivity index (χ3v) is 6.62. The minimum absolute atomic E-state index is 0.198. The number of ether oxygens (including phenoxy) is 3. The molecule has 0 saturated heterocycles. The minimum atomic E-state index is -0.334. The number of aromatic hydroxyl groups is 1. The Morgan fingerprint density at radius 1 is 0.892 bits per heavy atom. The molecule has 7 nitrogen and oxygen atoms in total. The molecule has 0 bridgehead atoms. The zero-order valence-corrected chi connectivity index (χ0v) is 21.5. The third-order valence-electron chi connectivity index (χ3n) is 6.32. The van der Waals surface area contributed by atoms with Crippen molar-refractivity contribution >= 4 is 39.5 Å². The molecule has 4 aromatic rings. The van der Waals surface area contributed by atoms with Gasteiger partial charge >= 0.3 is 0 Å². The Bertz CT molecular complexity index is 1480. The van der Waals surface area contributed by atoms with Crippen LogP contribution in [0, 0.1) is 0 Å². The summed E-state index contributed by atoms with van der Waals surface area (Å²) >= 11 is 5.85. The van der Waals surface area contributed by atoms with Crippen LogP contribution in [0.1, 0.15) is 17.2 Å². The lowest BCUT2D eigenvalue weighted by molar-refractivity contribution is 0.343. The first-order chi connectivity index (χ1) is 18.0. The highest BCUT2D eigenvalue weighted by Gasteiger charge is 2.31. The van der Waals surface area contributed by atoms with Crippen LogP contribution in [0.5, 0.6) is 23.0 Å². The predicted octanol–water partition coefficient (Wildman–Crippen LogP) is 5.87. The van der Waals surface area contributed by atoms with E-state index in [2.05, 4.69) is 10.7 Å². The maximum Gasteiger partial charge on any atom is 0.193 e. The predicted molar refractivity (Wildman–Crippen MR) is 150 cm³/mol. The number of hydrazine groups is 1. The number of nitrogens with zero attached hydrogens (tertiary/aromatic N) is 1. The second-order valence-electron chi connectivity index (χ2n) is 8.47. The fourth-order valence-electron chi connectivity index (χ4n) is 4.44. The Kier molecular flexibility index (Phi) is 6.74. The Labute approximate surface area is 220 Å². The van der Waals surface area contributed by atoms with Gasteiger partial charge in [-0.3, -0.25) is 10.4 Å². The summed E-state index contributed by atoms with van der Waals surface area (Å²) in [5.74, 6) is 2.19. The number of phenols is 1. The zero-order chi connectivity index (χ0) is 25.9. The van der Waals surface area contributed by atoms with Crippen molar-refractivity contribution in [1.29, 1.82) is 0 Å². The molecule has 5 rings (SSSR count). The Morgan fingerprint density at radius 3 is 2.32 bits per heavy atom. The molecule has 1 atom stereocenters. The van der Waals surface area contributed by atoms with Gasteiger partial charge in [0.15, 0.2) is 5.11 Å². The van der Waals surface area contributed by atoms with Gasteiger partial charge in [0.2, 0.25) is 0 Å². The zero-order valence-electron chi connectivity index (χ0n) is 20.7. The van der Waals surface area contributed by atoms with Crippen LogP contribution in [-0.4, -0.2) is 36.6 Å². The largest absolute Gasteiger partial charge is 0.507 e. The van der Waals surface area contributed by atoms with Gasteiger partial charge in [0.1, 0.15) is 23.0 Å². The maximum absolute atomic E-state index is 11.2. The molecule has 8 heteroatoms. The van der Waals surface area contributed by atoms with E-state index < -0.39 is 0 Å². The summed E-state index contributed by atoms with van der Waals surface area (Å²) in [4.78, 5) is 0. The van der Waals surface area contributed by atoms with Gasteiger partial charge in [-0.05, 0) is 59.6 Å². The summed E-state index contributed by atoms with van der Waals surface area (Å²) in [5, 5.41) is 18.4. The van der Waals surface area contributed by atoms with Gasteiger partial charge < -0.3 is 24.6 Å². The molecule has 1 aliphatic rings. The smallest absolute Gasteiger partial charge is 0.193 e. The number of methoxy groups -OCH3 is 3. The molecule has 0 fully saturated rings. The first-order valence-electron chi connectivity index (χ1n) is 11.7. The number of nitrogens with one attached hydrogen (secondary N) is 2. The molecular formula is C29H27N3O4S. The summed E-state index contributed by atoms with van der Waals surface area (Å²) in [6.45, 7) is 0. The number of phenolic OH excluding ortho intramolecular Hbond substituents is 1. The number of hydrogen-bond acceptors (Lipinski definition) is 6. The van der Waals surface area contributed by atoms with E-state index in [1.165, 1.54) is 0 Å². The fourth-order valence-corrected chi connectivity index (χ4v) is 4.71. The lowest BCUT2D eigenvalue weighted by Crippen LogP contribution is -2.42. The molecule has 0 aromatic heterocycles. The van der Waals surface area contributed by atoms with Gasteiger partial charge in [0, 0.05) is 17.0 Å². The normalized spacial score (nSPS) is 14.6. The number of benzene rings is 4. The molecule has 3 N–H and O–H groups in total. The number of fused-ring (bicyclic) bond motifs is 1. The monoisotopic (exact) mass is 513 g/mol. The van der Waals surface area contributed by atoms with Gasteiger partial charge in [-0.15, -0.1) is 0 Å². The van der Waals surface area contributed by atoms with E-state index in [1.54, 1.807) is 21.3 Å². The molecule has 1 unspecified atom stereocenters. The molecule has 188 valence electrons. The first kappa shape index (κ1) is 24.3. The van der Waals surface area contributed by atoms with Crippen molar-refractivity contribution in [3.63, 3.8) is 0 Å². The van der Waals surface area contributed by atoms with E-state index in [9.17, 15) is 5.11 Å². The van der Waals surface area contributed by atoms with Crippen molar-refractivity contribution in [2.24, 2.45) is 0 Å². The van der Waals surface area contributed by atoms with Crippen LogP contribution in [0.3, 0.4) is 0 Å². The van der Waals surface area contributed by atoms with E-state index >= 15 is 0 Å². The maximum atomic E-state index is 11.2. The average molecular weight is 514 g/mol. The molecule has 1 heterocycles. The van der Waals surface area contributed by atoms with E-state index in [4.69, 9.17) is 26.4 Å². The fraction of sp³-hybridized carbons (Fsp3) is 0.138. The van der Waals surface area contributed by atoms with E-state index in [0.29, 0.717) is 27.9 Å². The highest BCUT2D eigenvalue weighted by molar-refractivity contribution is 7.80. The summed E-state index contributed by atoms with van der Waals surface area (Å²) < 4.78 is 16.5. The third kappa shape index (κ3) is 4.71. The van der Waals surface area contributed by atoms with Crippen molar-refractivity contribution in [2.45, 2.75) is 6.04 Å². The Hall–Kier alpha value is -4.43.